The minimum Gasteiger partial charge on any atom is -0.462 e. The van der Waals surface area contributed by atoms with Crippen LogP contribution >= 0.6 is 0 Å². The van der Waals surface area contributed by atoms with Gasteiger partial charge in [0, 0.05) is 12.8 Å². The molecule has 0 saturated carbocycles. The Hall–Kier alpha value is -1.36. The zero-order valence-corrected chi connectivity index (χ0v) is 32.3. The van der Waals surface area contributed by atoms with Crippen molar-refractivity contribution in [3.05, 3.63) is 12.2 Å². The molecule has 5 nitrogen and oxygen atoms in total. The van der Waals surface area contributed by atoms with Crippen molar-refractivity contribution in [3.63, 3.8) is 0 Å². The third-order valence-electron chi connectivity index (χ3n) is 9.56. The number of rotatable bonds is 39. The Kier molecular flexibility index (Phi) is 38.9. The van der Waals surface area contributed by atoms with E-state index >= 15 is 0 Å². The van der Waals surface area contributed by atoms with Gasteiger partial charge in [0.25, 0.3) is 0 Å². The number of ether oxygens (including phenoxy) is 2. The summed E-state index contributed by atoms with van der Waals surface area (Å²) in [4.78, 5) is 24.3. The summed E-state index contributed by atoms with van der Waals surface area (Å²) in [5.41, 5.74) is 0. The molecule has 1 atom stereocenters. The van der Waals surface area contributed by atoms with E-state index in [9.17, 15) is 14.7 Å². The largest absolute Gasteiger partial charge is 0.462 e. The number of carbonyl (C=O) groups is 2. The number of carbonyl (C=O) groups excluding carboxylic acids is 2. The molecule has 0 heterocycles. The lowest BCUT2D eigenvalue weighted by atomic mass is 10.0. The number of unbranched alkanes of at least 4 members (excludes halogenated alkanes) is 29. The number of aliphatic hydroxyl groups excluding tert-OH is 1. The van der Waals surface area contributed by atoms with Crippen LogP contribution in [0.3, 0.4) is 0 Å². The van der Waals surface area contributed by atoms with Gasteiger partial charge < -0.3 is 14.6 Å². The maximum atomic E-state index is 12.2. The third kappa shape index (κ3) is 37.5. The Bertz CT molecular complexity index is 691. The van der Waals surface area contributed by atoms with E-state index in [2.05, 4.69) is 26.0 Å². The normalized spacial score (nSPS) is 12.1. The predicted octanol–water partition coefficient (Wildman–Crippen LogP) is 13.3. The molecule has 0 aromatic heterocycles. The predicted molar refractivity (Wildman–Crippen MR) is 205 cm³/mol. The maximum absolute atomic E-state index is 12.2. The third-order valence-corrected chi connectivity index (χ3v) is 9.56. The Labute approximate surface area is 299 Å². The van der Waals surface area contributed by atoms with Crippen LogP contribution in [0, 0.1) is 0 Å². The Morgan fingerprint density at radius 2 is 0.771 bits per heavy atom. The van der Waals surface area contributed by atoms with Gasteiger partial charge in [0.1, 0.15) is 6.61 Å². The fourth-order valence-electron chi connectivity index (χ4n) is 6.31. The topological polar surface area (TPSA) is 72.8 Å². The summed E-state index contributed by atoms with van der Waals surface area (Å²) in [6.07, 6.45) is 45.6. The average molecular weight is 679 g/mol. The smallest absolute Gasteiger partial charge is 0.306 e. The molecule has 0 aliphatic carbocycles. The van der Waals surface area contributed by atoms with E-state index in [1.807, 2.05) is 0 Å². The van der Waals surface area contributed by atoms with Gasteiger partial charge in [-0.2, -0.15) is 0 Å². The van der Waals surface area contributed by atoms with Crippen LogP contribution in [0.1, 0.15) is 232 Å². The molecule has 0 radical (unpaired) electrons. The molecule has 0 spiro atoms. The molecule has 284 valence electrons. The first-order chi connectivity index (χ1) is 23.6. The van der Waals surface area contributed by atoms with Gasteiger partial charge in [-0.15, -0.1) is 0 Å². The van der Waals surface area contributed by atoms with Gasteiger partial charge in [-0.3, -0.25) is 9.59 Å². The van der Waals surface area contributed by atoms with Crippen molar-refractivity contribution >= 4 is 11.9 Å². The van der Waals surface area contributed by atoms with Gasteiger partial charge in [-0.05, 0) is 38.5 Å². The Morgan fingerprint density at radius 1 is 0.458 bits per heavy atom. The van der Waals surface area contributed by atoms with Crippen LogP contribution in [0.2, 0.25) is 0 Å². The second-order valence-corrected chi connectivity index (χ2v) is 14.4. The van der Waals surface area contributed by atoms with Gasteiger partial charge >= 0.3 is 11.9 Å². The highest BCUT2D eigenvalue weighted by Gasteiger charge is 2.16. The van der Waals surface area contributed by atoms with Crippen molar-refractivity contribution in [1.29, 1.82) is 0 Å². The molecular weight excluding hydrogens is 596 g/mol. The van der Waals surface area contributed by atoms with Gasteiger partial charge in [0.2, 0.25) is 0 Å². The van der Waals surface area contributed by atoms with Crippen LogP contribution in [0.5, 0.6) is 0 Å². The van der Waals surface area contributed by atoms with E-state index in [0.717, 1.165) is 38.5 Å². The highest BCUT2D eigenvalue weighted by atomic mass is 16.6. The summed E-state index contributed by atoms with van der Waals surface area (Å²) in [5.74, 6) is -0.583. The van der Waals surface area contributed by atoms with Crippen molar-refractivity contribution in [2.75, 3.05) is 13.2 Å². The Morgan fingerprint density at radius 3 is 1.12 bits per heavy atom. The first-order valence-electron chi connectivity index (χ1n) is 21.2. The van der Waals surface area contributed by atoms with Gasteiger partial charge in [-0.1, -0.05) is 193 Å². The molecule has 0 amide bonds. The number of hydrogen-bond donors (Lipinski definition) is 1. The fourth-order valence-corrected chi connectivity index (χ4v) is 6.31. The second kappa shape index (κ2) is 40.1. The minimum atomic E-state index is -0.766. The molecule has 0 unspecified atom stereocenters. The number of esters is 2. The summed E-state index contributed by atoms with van der Waals surface area (Å²) < 4.78 is 10.6. The van der Waals surface area contributed by atoms with Gasteiger partial charge in [0.15, 0.2) is 6.10 Å². The van der Waals surface area contributed by atoms with Crippen LogP contribution in [0.4, 0.5) is 0 Å². The number of hydrogen-bond acceptors (Lipinski definition) is 5. The molecule has 5 heteroatoms. The maximum Gasteiger partial charge on any atom is 0.306 e. The molecule has 0 bridgehead atoms. The van der Waals surface area contributed by atoms with Crippen molar-refractivity contribution < 1.29 is 24.2 Å². The highest BCUT2D eigenvalue weighted by Crippen LogP contribution is 2.15. The Balaban J connectivity index is 3.50. The summed E-state index contributed by atoms with van der Waals surface area (Å²) in [7, 11) is 0. The molecule has 0 aliphatic heterocycles. The van der Waals surface area contributed by atoms with Crippen molar-refractivity contribution in [2.45, 2.75) is 238 Å². The van der Waals surface area contributed by atoms with Crippen LogP contribution in [-0.4, -0.2) is 36.4 Å². The van der Waals surface area contributed by atoms with Gasteiger partial charge in [-0.25, -0.2) is 0 Å². The second-order valence-electron chi connectivity index (χ2n) is 14.4. The quantitative estimate of drug-likeness (QED) is 0.0398. The van der Waals surface area contributed by atoms with E-state index in [1.54, 1.807) is 0 Å². The molecule has 0 fully saturated rings. The first-order valence-corrected chi connectivity index (χ1v) is 21.2. The molecule has 0 aromatic rings. The zero-order valence-electron chi connectivity index (χ0n) is 32.3. The van der Waals surface area contributed by atoms with Crippen molar-refractivity contribution in [3.8, 4) is 0 Å². The molecule has 1 N–H and O–H groups in total. The molecule has 0 aliphatic rings. The van der Waals surface area contributed by atoms with Crippen LogP contribution in [0.25, 0.3) is 0 Å². The van der Waals surface area contributed by atoms with Crippen molar-refractivity contribution in [1.82, 2.24) is 0 Å². The van der Waals surface area contributed by atoms with Crippen LogP contribution in [0.15, 0.2) is 12.2 Å². The lowest BCUT2D eigenvalue weighted by molar-refractivity contribution is -0.161. The molecular formula is C43H82O5. The zero-order chi connectivity index (χ0) is 35.0. The average Bonchev–Trinajstić information content (AvgIpc) is 3.09. The summed E-state index contributed by atoms with van der Waals surface area (Å²) in [6.45, 7) is 4.16. The SMILES string of the molecule is CCCCCCCC/C=C\CCCCCCCCCC(=O)OC[C@H](CO)OC(=O)CCCCCCCCCCCCCCCCCCC. The first kappa shape index (κ1) is 46.6. The number of aliphatic hydroxyl groups is 1. The lowest BCUT2D eigenvalue weighted by Crippen LogP contribution is -2.28. The summed E-state index contributed by atoms with van der Waals surface area (Å²) >= 11 is 0. The van der Waals surface area contributed by atoms with Crippen LogP contribution < -0.4 is 0 Å². The number of allylic oxidation sites excluding steroid dienone is 2. The van der Waals surface area contributed by atoms with E-state index in [1.165, 1.54) is 167 Å². The molecule has 0 rings (SSSR count). The summed E-state index contributed by atoms with van der Waals surface area (Å²) in [6, 6.07) is 0. The summed E-state index contributed by atoms with van der Waals surface area (Å²) in [5, 5.41) is 9.57. The lowest BCUT2D eigenvalue weighted by Gasteiger charge is -2.15. The standard InChI is InChI=1S/C43H82O5/c1-3-5-7-9-11-13-15-17-19-21-23-25-27-29-31-33-35-37-42(45)47-40-41(39-44)48-43(46)38-36-34-32-30-28-26-24-22-20-18-16-14-12-10-8-6-4-2/h17,19,41,44H,3-16,18,20-40H2,1-2H3/b19-17-/t41-/m0/s1. The molecule has 48 heavy (non-hydrogen) atoms. The van der Waals surface area contributed by atoms with Crippen molar-refractivity contribution in [2.24, 2.45) is 0 Å². The molecule has 0 aromatic carbocycles. The highest BCUT2D eigenvalue weighted by molar-refractivity contribution is 5.70. The minimum absolute atomic E-state index is 0.0620. The molecule has 0 saturated heterocycles. The fraction of sp³-hybridized carbons (Fsp3) is 0.907. The van der Waals surface area contributed by atoms with E-state index in [-0.39, 0.29) is 25.2 Å². The monoisotopic (exact) mass is 679 g/mol. The van der Waals surface area contributed by atoms with E-state index < -0.39 is 6.10 Å². The van der Waals surface area contributed by atoms with E-state index in [0.29, 0.717) is 12.8 Å². The van der Waals surface area contributed by atoms with Crippen LogP contribution in [-0.2, 0) is 19.1 Å². The van der Waals surface area contributed by atoms with Gasteiger partial charge in [0.05, 0.1) is 6.61 Å². The van der Waals surface area contributed by atoms with E-state index in [4.69, 9.17) is 9.47 Å².